The predicted molar refractivity (Wildman–Crippen MR) is 82.3 cm³/mol. The zero-order valence-corrected chi connectivity index (χ0v) is 12.6. The van der Waals surface area contributed by atoms with Gasteiger partial charge in [-0.25, -0.2) is 4.79 Å². The highest BCUT2D eigenvalue weighted by molar-refractivity contribution is 5.46. The molecule has 0 spiro atoms. The fourth-order valence-corrected chi connectivity index (χ4v) is 2.09. The van der Waals surface area contributed by atoms with Gasteiger partial charge in [0.15, 0.2) is 5.76 Å². The van der Waals surface area contributed by atoms with Gasteiger partial charge in [-0.2, -0.15) is 9.36 Å². The van der Waals surface area contributed by atoms with Gasteiger partial charge in [0, 0.05) is 7.05 Å². The minimum atomic E-state index is -0.421. The molecule has 0 unspecified atom stereocenters. The molecule has 3 rings (SSSR count). The number of ether oxygens (including phenoxy) is 1. The first-order valence-electron chi connectivity index (χ1n) is 7.27. The minimum Gasteiger partial charge on any atom is -0.488 e. The van der Waals surface area contributed by atoms with E-state index in [1.54, 1.807) is 18.2 Å². The topological polar surface area (TPSA) is 75.1 Å². The third kappa shape index (κ3) is 2.62. The molecular weight excluding hydrogens is 296 g/mol. The molecule has 7 nitrogen and oxygen atoms in total. The molecule has 116 valence electrons. The van der Waals surface area contributed by atoms with E-state index in [1.807, 2.05) is 6.92 Å². The summed E-state index contributed by atoms with van der Waals surface area (Å²) in [5.74, 6) is 3.30. The zero-order chi connectivity index (χ0) is 17.3. The van der Waals surface area contributed by atoms with E-state index in [2.05, 4.69) is 16.3 Å². The van der Waals surface area contributed by atoms with Crippen LogP contribution in [-0.4, -0.2) is 19.8 Å². The molecule has 0 saturated carbocycles. The average molecular weight is 312 g/mol. The standard InChI is InChI=1S/C16H14N4O3/c1-4-14-12(9-22-15-8-6-5-7-11(15)2)13(10-23-14)20-16(21)19(3)17-18-20/h1,5-8,10H,9H2,2-3H3/i5T. The van der Waals surface area contributed by atoms with E-state index >= 15 is 0 Å². The lowest BCUT2D eigenvalue weighted by atomic mass is 10.2. The summed E-state index contributed by atoms with van der Waals surface area (Å²) >= 11 is 0. The Morgan fingerprint density at radius 3 is 2.96 bits per heavy atom. The molecule has 2 heterocycles. The summed E-state index contributed by atoms with van der Waals surface area (Å²) in [4.78, 5) is 12.0. The first kappa shape index (κ1) is 13.4. The van der Waals surface area contributed by atoms with Crippen molar-refractivity contribution in [1.29, 1.82) is 0 Å². The van der Waals surface area contributed by atoms with Crippen LogP contribution < -0.4 is 10.4 Å². The van der Waals surface area contributed by atoms with Gasteiger partial charge < -0.3 is 9.15 Å². The van der Waals surface area contributed by atoms with Crippen LogP contribution in [0.15, 0.2) is 39.7 Å². The van der Waals surface area contributed by atoms with Crippen molar-refractivity contribution in [3.63, 3.8) is 0 Å². The van der Waals surface area contributed by atoms with Gasteiger partial charge in [0.1, 0.15) is 24.3 Å². The molecule has 0 radical (unpaired) electrons. The molecule has 2 aromatic heterocycles. The monoisotopic (exact) mass is 312 g/mol. The largest absolute Gasteiger partial charge is 0.488 e. The van der Waals surface area contributed by atoms with Gasteiger partial charge >= 0.3 is 5.69 Å². The summed E-state index contributed by atoms with van der Waals surface area (Å²) in [6.45, 7) is 1.94. The van der Waals surface area contributed by atoms with Crippen molar-refractivity contribution in [2.75, 3.05) is 0 Å². The molecule has 0 aliphatic carbocycles. The van der Waals surface area contributed by atoms with Crippen molar-refractivity contribution in [3.8, 4) is 23.8 Å². The molecule has 0 bridgehead atoms. The van der Waals surface area contributed by atoms with Gasteiger partial charge in [-0.3, -0.25) is 0 Å². The van der Waals surface area contributed by atoms with Crippen LogP contribution in [0.3, 0.4) is 0 Å². The van der Waals surface area contributed by atoms with Crippen molar-refractivity contribution in [3.05, 3.63) is 57.9 Å². The maximum absolute atomic E-state index is 12.0. The van der Waals surface area contributed by atoms with Gasteiger partial charge in [0.05, 0.1) is 6.93 Å². The summed E-state index contributed by atoms with van der Waals surface area (Å²) in [6, 6.07) is 5.44. The van der Waals surface area contributed by atoms with Crippen molar-refractivity contribution in [2.24, 2.45) is 7.05 Å². The molecule has 1 aromatic carbocycles. The second-order valence-corrected chi connectivity index (χ2v) is 4.85. The Labute approximate surface area is 133 Å². The summed E-state index contributed by atoms with van der Waals surface area (Å²) in [7, 11) is 1.50. The van der Waals surface area contributed by atoms with Crippen molar-refractivity contribution in [2.45, 2.75) is 13.5 Å². The van der Waals surface area contributed by atoms with E-state index < -0.39 is 5.69 Å². The predicted octanol–water partition coefficient (Wildman–Crippen LogP) is 1.43. The number of hydrogen-bond acceptors (Lipinski definition) is 5. The maximum atomic E-state index is 12.0. The molecule has 0 amide bonds. The van der Waals surface area contributed by atoms with E-state index in [-0.39, 0.29) is 12.4 Å². The molecule has 0 N–H and O–H groups in total. The van der Waals surface area contributed by atoms with Crippen LogP contribution in [0, 0.1) is 19.3 Å². The van der Waals surface area contributed by atoms with Gasteiger partial charge in [0.2, 0.25) is 0 Å². The van der Waals surface area contributed by atoms with Crippen molar-refractivity contribution in [1.82, 2.24) is 19.8 Å². The van der Waals surface area contributed by atoms with E-state index in [0.29, 0.717) is 23.0 Å². The van der Waals surface area contributed by atoms with Crippen LogP contribution in [0.1, 0.15) is 18.3 Å². The third-order valence-corrected chi connectivity index (χ3v) is 3.34. The summed E-state index contributed by atoms with van der Waals surface area (Å²) in [5, 5.41) is 7.46. The molecule has 0 aliphatic rings. The molecular formula is C16H14N4O3. The number of tetrazole rings is 1. The van der Waals surface area contributed by atoms with Gasteiger partial charge in [-0.1, -0.05) is 18.2 Å². The minimum absolute atomic E-state index is 0.0898. The lowest BCUT2D eigenvalue weighted by molar-refractivity contribution is 0.301. The van der Waals surface area contributed by atoms with Crippen molar-refractivity contribution >= 4 is 0 Å². The average Bonchev–Trinajstić information content (AvgIpc) is 3.10. The molecule has 0 atom stereocenters. The summed E-state index contributed by atoms with van der Waals surface area (Å²) in [5.41, 5.74) is 1.31. The van der Waals surface area contributed by atoms with Crippen LogP contribution in [0.2, 0.25) is 0 Å². The highest BCUT2D eigenvalue weighted by Gasteiger charge is 2.18. The number of rotatable bonds is 4. The number of hydrogen-bond donors (Lipinski definition) is 0. The third-order valence-electron chi connectivity index (χ3n) is 3.34. The second-order valence-electron chi connectivity index (χ2n) is 4.85. The first-order valence-corrected chi connectivity index (χ1v) is 6.77. The molecule has 0 saturated heterocycles. The number of para-hydroxylation sites is 1. The Bertz CT molecular complexity index is 994. The lowest BCUT2D eigenvalue weighted by Gasteiger charge is -2.09. The summed E-state index contributed by atoms with van der Waals surface area (Å²) in [6.07, 6.45) is 6.80. The van der Waals surface area contributed by atoms with Crippen LogP contribution in [0.5, 0.6) is 5.75 Å². The van der Waals surface area contributed by atoms with Gasteiger partial charge in [-0.15, -0.1) is 6.42 Å². The fraction of sp³-hybridized carbons (Fsp3) is 0.188. The molecule has 23 heavy (non-hydrogen) atoms. The maximum Gasteiger partial charge on any atom is 0.368 e. The number of aryl methyl sites for hydroxylation is 2. The van der Waals surface area contributed by atoms with Crippen LogP contribution >= 0.6 is 0 Å². The Balaban J connectivity index is 1.96. The number of aromatic nitrogens is 4. The van der Waals surface area contributed by atoms with E-state index in [0.717, 1.165) is 14.9 Å². The lowest BCUT2D eigenvalue weighted by Crippen LogP contribution is -2.22. The number of furan rings is 1. The highest BCUT2D eigenvalue weighted by Crippen LogP contribution is 2.23. The second kappa shape index (κ2) is 5.85. The van der Waals surface area contributed by atoms with Crippen LogP contribution in [0.25, 0.3) is 5.69 Å². The normalized spacial score (nSPS) is 11.1. The number of terminal acetylenes is 1. The highest BCUT2D eigenvalue weighted by atomic mass is 16.5. The fourth-order valence-electron chi connectivity index (χ4n) is 2.09. The van der Waals surface area contributed by atoms with Crippen molar-refractivity contribution < 1.29 is 10.5 Å². The molecule has 0 fully saturated rings. The molecule has 0 aliphatic heterocycles. The SMILES string of the molecule is [3H]c1ccc(OCc2c(-n3nnn(C)c3=O)coc2C#C)c(C)c1. The molecule has 3 aromatic rings. The molecule has 7 heteroatoms. The van der Waals surface area contributed by atoms with Gasteiger partial charge in [-0.05, 0) is 34.9 Å². The number of nitrogens with zero attached hydrogens (tertiary/aromatic N) is 4. The van der Waals surface area contributed by atoms with E-state index in [4.69, 9.17) is 16.9 Å². The van der Waals surface area contributed by atoms with Crippen LogP contribution in [-0.2, 0) is 13.7 Å². The smallest absolute Gasteiger partial charge is 0.368 e. The number of benzene rings is 1. The summed E-state index contributed by atoms with van der Waals surface area (Å²) < 4.78 is 20.9. The van der Waals surface area contributed by atoms with Gasteiger partial charge in [0.25, 0.3) is 0 Å². The Morgan fingerprint density at radius 2 is 2.30 bits per heavy atom. The first-order chi connectivity index (χ1) is 11.5. The Kier molecular flexibility index (Phi) is 3.41. The Hall–Kier alpha value is -3.27. The Morgan fingerprint density at radius 1 is 1.48 bits per heavy atom. The quantitative estimate of drug-likeness (QED) is 0.681. The van der Waals surface area contributed by atoms with E-state index in [9.17, 15) is 4.79 Å². The van der Waals surface area contributed by atoms with Crippen LogP contribution in [0.4, 0.5) is 0 Å². The zero-order valence-electron chi connectivity index (χ0n) is 13.6. The van der Waals surface area contributed by atoms with E-state index in [1.165, 1.54) is 13.3 Å².